The summed E-state index contributed by atoms with van der Waals surface area (Å²) < 4.78 is 0. The van der Waals surface area contributed by atoms with Gasteiger partial charge < -0.3 is 11.1 Å². The third kappa shape index (κ3) is 3.32. The Hall–Kier alpha value is -1.32. The largest absolute Gasteiger partial charge is 0.398 e. The van der Waals surface area contributed by atoms with Crippen LogP contribution < -0.4 is 11.1 Å². The molecule has 0 amide bonds. The number of aryl methyl sites for hydroxylation is 1. The first-order valence-electron chi connectivity index (χ1n) is 5.84. The third-order valence-corrected chi connectivity index (χ3v) is 3.83. The van der Waals surface area contributed by atoms with Gasteiger partial charge in [0.05, 0.1) is 0 Å². The minimum atomic E-state index is 0.870. The molecule has 3 heteroatoms. The van der Waals surface area contributed by atoms with E-state index in [-0.39, 0.29) is 0 Å². The number of nitrogens with two attached hydrogens (primary N) is 1. The van der Waals surface area contributed by atoms with Crippen molar-refractivity contribution in [2.45, 2.75) is 19.9 Å². The highest BCUT2D eigenvalue weighted by Crippen LogP contribution is 2.18. The fraction of sp³-hybridized carbons (Fsp3) is 0.286. The molecule has 0 radical (unpaired) electrons. The smallest absolute Gasteiger partial charge is 0.0468 e. The Morgan fingerprint density at radius 3 is 2.76 bits per heavy atom. The Balaban J connectivity index is 1.77. The summed E-state index contributed by atoms with van der Waals surface area (Å²) in [5.74, 6) is 0. The number of nitrogens with one attached hydrogen (secondary N) is 1. The van der Waals surface area contributed by atoms with Crippen molar-refractivity contribution in [2.75, 3.05) is 12.3 Å². The molecule has 0 unspecified atom stereocenters. The van der Waals surface area contributed by atoms with Gasteiger partial charge in [0.15, 0.2) is 0 Å². The van der Waals surface area contributed by atoms with Gasteiger partial charge in [0.25, 0.3) is 0 Å². The van der Waals surface area contributed by atoms with E-state index in [9.17, 15) is 0 Å². The molecule has 0 aliphatic carbocycles. The Morgan fingerprint density at radius 2 is 2.06 bits per heavy atom. The van der Waals surface area contributed by atoms with E-state index < -0.39 is 0 Å². The second-order valence-electron chi connectivity index (χ2n) is 4.15. The van der Waals surface area contributed by atoms with Crippen LogP contribution in [-0.2, 0) is 13.0 Å². The van der Waals surface area contributed by atoms with Crippen molar-refractivity contribution in [3.63, 3.8) is 0 Å². The minimum absolute atomic E-state index is 0.870. The van der Waals surface area contributed by atoms with Gasteiger partial charge in [0.2, 0.25) is 0 Å². The molecule has 2 nitrogen and oxygen atoms in total. The van der Waals surface area contributed by atoms with Gasteiger partial charge in [-0.05, 0) is 42.5 Å². The summed E-state index contributed by atoms with van der Waals surface area (Å²) in [6, 6.07) is 10.5. The lowest BCUT2D eigenvalue weighted by molar-refractivity contribution is 0.693. The van der Waals surface area contributed by atoms with Crippen LogP contribution >= 0.6 is 11.3 Å². The van der Waals surface area contributed by atoms with Crippen LogP contribution in [0.1, 0.15) is 16.0 Å². The average Bonchev–Trinajstić information content (AvgIpc) is 2.73. The molecule has 0 atom stereocenters. The molecule has 3 N–H and O–H groups in total. The molecule has 0 fully saturated rings. The van der Waals surface area contributed by atoms with Gasteiger partial charge in [-0.3, -0.25) is 0 Å². The number of benzene rings is 1. The molecule has 1 aromatic heterocycles. The van der Waals surface area contributed by atoms with Gasteiger partial charge in [0.1, 0.15) is 0 Å². The molecule has 0 aliphatic heterocycles. The van der Waals surface area contributed by atoms with E-state index in [2.05, 4.69) is 36.5 Å². The monoisotopic (exact) mass is 246 g/mol. The molecule has 2 aromatic rings. The molecule has 0 spiro atoms. The second kappa shape index (κ2) is 5.84. The molecule has 1 heterocycles. The van der Waals surface area contributed by atoms with Gasteiger partial charge in [-0.2, -0.15) is 0 Å². The van der Waals surface area contributed by atoms with Crippen molar-refractivity contribution in [1.82, 2.24) is 5.32 Å². The molecule has 2 rings (SSSR count). The molecular formula is C14H18N2S. The molecule has 0 aliphatic rings. The second-order valence-corrected chi connectivity index (χ2v) is 5.15. The highest BCUT2D eigenvalue weighted by Gasteiger charge is 2.00. The predicted molar refractivity (Wildman–Crippen MR) is 75.3 cm³/mol. The number of thiophene rings is 1. The van der Waals surface area contributed by atoms with Crippen molar-refractivity contribution < 1.29 is 0 Å². The summed E-state index contributed by atoms with van der Waals surface area (Å²) in [6.45, 7) is 4.02. The lowest BCUT2D eigenvalue weighted by Crippen LogP contribution is -2.16. The van der Waals surface area contributed by atoms with Crippen LogP contribution in [0.5, 0.6) is 0 Å². The van der Waals surface area contributed by atoms with E-state index in [1.54, 1.807) is 11.3 Å². The summed E-state index contributed by atoms with van der Waals surface area (Å²) in [6.07, 6.45) is 1.07. The number of anilines is 1. The van der Waals surface area contributed by atoms with E-state index in [1.807, 2.05) is 11.4 Å². The lowest BCUT2D eigenvalue weighted by Gasteiger charge is -2.06. The van der Waals surface area contributed by atoms with Gasteiger partial charge >= 0.3 is 0 Å². The van der Waals surface area contributed by atoms with Crippen LogP contribution in [0.2, 0.25) is 0 Å². The van der Waals surface area contributed by atoms with Crippen molar-refractivity contribution in [1.29, 1.82) is 0 Å². The normalized spacial score (nSPS) is 10.6. The summed E-state index contributed by atoms with van der Waals surface area (Å²) in [4.78, 5) is 1.23. The van der Waals surface area contributed by atoms with E-state index in [1.165, 1.54) is 16.0 Å². The first kappa shape index (κ1) is 12.1. The van der Waals surface area contributed by atoms with E-state index in [4.69, 9.17) is 5.73 Å². The van der Waals surface area contributed by atoms with Crippen LogP contribution in [0.25, 0.3) is 0 Å². The Kier molecular flexibility index (Phi) is 4.18. The zero-order chi connectivity index (χ0) is 12.1. The van der Waals surface area contributed by atoms with Crippen molar-refractivity contribution in [3.05, 3.63) is 51.7 Å². The molecular weight excluding hydrogens is 228 g/mol. The molecule has 0 bridgehead atoms. The van der Waals surface area contributed by atoms with E-state index >= 15 is 0 Å². The summed E-state index contributed by atoms with van der Waals surface area (Å²) in [5.41, 5.74) is 9.51. The Labute approximate surface area is 106 Å². The summed E-state index contributed by atoms with van der Waals surface area (Å²) in [5, 5.41) is 5.47. The SMILES string of the molecule is Cc1ccccc1CCNCc1sccc1N. The highest BCUT2D eigenvalue weighted by atomic mass is 32.1. The fourth-order valence-corrected chi connectivity index (χ4v) is 2.58. The summed E-state index contributed by atoms with van der Waals surface area (Å²) in [7, 11) is 0. The Morgan fingerprint density at radius 1 is 1.24 bits per heavy atom. The predicted octanol–water partition coefficient (Wildman–Crippen LogP) is 2.97. The maximum absolute atomic E-state index is 5.83. The van der Waals surface area contributed by atoms with Crippen LogP contribution in [0.15, 0.2) is 35.7 Å². The third-order valence-electron chi connectivity index (χ3n) is 2.90. The van der Waals surface area contributed by atoms with Crippen molar-refractivity contribution >= 4 is 17.0 Å². The van der Waals surface area contributed by atoms with Crippen LogP contribution in [-0.4, -0.2) is 6.54 Å². The molecule has 1 aromatic carbocycles. The van der Waals surface area contributed by atoms with Crippen LogP contribution in [0.4, 0.5) is 5.69 Å². The number of hydrogen-bond donors (Lipinski definition) is 2. The lowest BCUT2D eigenvalue weighted by atomic mass is 10.1. The summed E-state index contributed by atoms with van der Waals surface area (Å²) >= 11 is 1.71. The van der Waals surface area contributed by atoms with Gasteiger partial charge in [-0.15, -0.1) is 11.3 Å². The topological polar surface area (TPSA) is 38.0 Å². The Bertz CT molecular complexity index is 477. The first-order valence-corrected chi connectivity index (χ1v) is 6.72. The van der Waals surface area contributed by atoms with Crippen molar-refractivity contribution in [3.8, 4) is 0 Å². The fourth-order valence-electron chi connectivity index (χ4n) is 1.81. The van der Waals surface area contributed by atoms with Gasteiger partial charge in [-0.1, -0.05) is 24.3 Å². The molecule has 17 heavy (non-hydrogen) atoms. The maximum Gasteiger partial charge on any atom is 0.0468 e. The molecule has 0 saturated heterocycles. The van der Waals surface area contributed by atoms with E-state index in [0.29, 0.717) is 0 Å². The number of hydrogen-bond acceptors (Lipinski definition) is 3. The zero-order valence-electron chi connectivity index (χ0n) is 10.1. The van der Waals surface area contributed by atoms with E-state index in [0.717, 1.165) is 25.2 Å². The average molecular weight is 246 g/mol. The van der Waals surface area contributed by atoms with Crippen LogP contribution in [0.3, 0.4) is 0 Å². The highest BCUT2D eigenvalue weighted by molar-refractivity contribution is 7.10. The van der Waals surface area contributed by atoms with Gasteiger partial charge in [0, 0.05) is 17.1 Å². The van der Waals surface area contributed by atoms with Crippen LogP contribution in [0, 0.1) is 6.92 Å². The first-order chi connectivity index (χ1) is 8.27. The standard InChI is InChI=1S/C14H18N2S/c1-11-4-2-3-5-12(11)6-8-16-10-14-13(15)7-9-17-14/h2-5,7,9,16H,6,8,10,15H2,1H3. The minimum Gasteiger partial charge on any atom is -0.398 e. The van der Waals surface area contributed by atoms with Gasteiger partial charge in [-0.25, -0.2) is 0 Å². The van der Waals surface area contributed by atoms with Crippen molar-refractivity contribution in [2.24, 2.45) is 0 Å². The number of rotatable bonds is 5. The number of nitrogen functional groups attached to an aromatic ring is 1. The maximum atomic E-state index is 5.83. The zero-order valence-corrected chi connectivity index (χ0v) is 10.9. The molecule has 90 valence electrons. The molecule has 0 saturated carbocycles. The quantitative estimate of drug-likeness (QED) is 0.796.